The van der Waals surface area contributed by atoms with Crippen molar-refractivity contribution in [3.8, 4) is 5.75 Å². The van der Waals surface area contributed by atoms with Crippen molar-refractivity contribution in [2.75, 3.05) is 0 Å². The minimum atomic E-state index is 0.470. The molecule has 2 aromatic rings. The van der Waals surface area contributed by atoms with Gasteiger partial charge >= 0.3 is 0 Å². The number of hydrogen-bond acceptors (Lipinski definition) is 2. The summed E-state index contributed by atoms with van der Waals surface area (Å²) >= 11 is 0. The topological polar surface area (TPSA) is 38.0 Å². The molecule has 2 rings (SSSR count). The predicted octanol–water partition coefficient (Wildman–Crippen LogP) is 4.32. The van der Waals surface area contributed by atoms with E-state index >= 15 is 0 Å². The standard InChI is InChI=1S/C18H26N2O/c1-3-5-7-15-11-16(8-6-4-2)18(21)17(12-15)13-20-10-9-19-14-20/h9-12,14,21H,3-8,13H2,1-2H3. The number of aryl methyl sites for hydroxylation is 2. The highest BCUT2D eigenvalue weighted by atomic mass is 16.3. The van der Waals surface area contributed by atoms with Gasteiger partial charge in [0.15, 0.2) is 0 Å². The summed E-state index contributed by atoms with van der Waals surface area (Å²) in [6.45, 7) is 5.08. The van der Waals surface area contributed by atoms with Crippen molar-refractivity contribution in [1.82, 2.24) is 9.55 Å². The van der Waals surface area contributed by atoms with Gasteiger partial charge in [-0.25, -0.2) is 4.98 Å². The summed E-state index contributed by atoms with van der Waals surface area (Å²) < 4.78 is 2.00. The summed E-state index contributed by atoms with van der Waals surface area (Å²) in [5, 5.41) is 10.5. The summed E-state index contributed by atoms with van der Waals surface area (Å²) in [5.74, 6) is 0.470. The van der Waals surface area contributed by atoms with Crippen molar-refractivity contribution in [2.45, 2.75) is 58.9 Å². The van der Waals surface area contributed by atoms with Gasteiger partial charge in [-0.05, 0) is 36.8 Å². The maximum Gasteiger partial charge on any atom is 0.123 e. The van der Waals surface area contributed by atoms with Crippen LogP contribution >= 0.6 is 0 Å². The third-order valence-corrected chi connectivity index (χ3v) is 3.86. The lowest BCUT2D eigenvalue weighted by Gasteiger charge is -2.13. The fourth-order valence-electron chi connectivity index (χ4n) is 2.61. The molecule has 1 aromatic heterocycles. The molecule has 0 aliphatic carbocycles. The first-order valence-corrected chi connectivity index (χ1v) is 8.04. The van der Waals surface area contributed by atoms with Crippen LogP contribution < -0.4 is 0 Å². The van der Waals surface area contributed by atoms with Crippen LogP contribution in [0.15, 0.2) is 30.9 Å². The van der Waals surface area contributed by atoms with Crippen LogP contribution in [0.2, 0.25) is 0 Å². The average Bonchev–Trinajstić information content (AvgIpc) is 2.99. The van der Waals surface area contributed by atoms with Crippen LogP contribution in [0.25, 0.3) is 0 Å². The van der Waals surface area contributed by atoms with E-state index in [1.54, 1.807) is 12.5 Å². The van der Waals surface area contributed by atoms with Crippen molar-refractivity contribution in [3.63, 3.8) is 0 Å². The van der Waals surface area contributed by atoms with Crippen molar-refractivity contribution in [3.05, 3.63) is 47.5 Å². The van der Waals surface area contributed by atoms with Crippen LogP contribution in [0.4, 0.5) is 0 Å². The number of benzene rings is 1. The Hall–Kier alpha value is -1.77. The van der Waals surface area contributed by atoms with E-state index in [9.17, 15) is 5.11 Å². The molecule has 0 fully saturated rings. The quantitative estimate of drug-likeness (QED) is 0.784. The molecule has 1 heterocycles. The molecule has 0 aliphatic heterocycles. The number of rotatable bonds is 8. The first-order valence-electron chi connectivity index (χ1n) is 8.04. The number of hydrogen-bond donors (Lipinski definition) is 1. The number of phenols is 1. The van der Waals surface area contributed by atoms with Crippen LogP contribution in [0.1, 0.15) is 56.2 Å². The maximum absolute atomic E-state index is 10.5. The number of phenolic OH excluding ortho intramolecular Hbond substituents is 1. The molecule has 0 radical (unpaired) electrons. The summed E-state index contributed by atoms with van der Waals surface area (Å²) in [7, 11) is 0. The van der Waals surface area contributed by atoms with Crippen LogP contribution in [0.5, 0.6) is 5.75 Å². The monoisotopic (exact) mass is 286 g/mol. The van der Waals surface area contributed by atoms with Gasteiger partial charge in [-0.1, -0.05) is 38.8 Å². The van der Waals surface area contributed by atoms with Gasteiger partial charge in [0.25, 0.3) is 0 Å². The van der Waals surface area contributed by atoms with E-state index in [0.29, 0.717) is 12.3 Å². The maximum atomic E-state index is 10.5. The zero-order chi connectivity index (χ0) is 15.1. The van der Waals surface area contributed by atoms with E-state index in [1.807, 2.05) is 10.8 Å². The van der Waals surface area contributed by atoms with Gasteiger partial charge in [-0.3, -0.25) is 0 Å². The van der Waals surface area contributed by atoms with Crippen molar-refractivity contribution in [2.24, 2.45) is 0 Å². The van der Waals surface area contributed by atoms with Gasteiger partial charge in [0.2, 0.25) is 0 Å². The second kappa shape index (κ2) is 7.87. The van der Waals surface area contributed by atoms with Crippen LogP contribution in [-0.4, -0.2) is 14.7 Å². The molecule has 0 bridgehead atoms. The zero-order valence-electron chi connectivity index (χ0n) is 13.2. The molecular formula is C18H26N2O. The van der Waals surface area contributed by atoms with Gasteiger partial charge in [-0.2, -0.15) is 0 Å². The molecule has 3 nitrogen and oxygen atoms in total. The van der Waals surface area contributed by atoms with Crippen LogP contribution in [0, 0.1) is 0 Å². The lowest BCUT2D eigenvalue weighted by molar-refractivity contribution is 0.457. The normalized spacial score (nSPS) is 11.0. The van der Waals surface area contributed by atoms with Gasteiger partial charge in [0, 0.05) is 18.0 Å². The number of imidazole rings is 1. The zero-order valence-corrected chi connectivity index (χ0v) is 13.2. The van der Waals surface area contributed by atoms with E-state index in [0.717, 1.165) is 36.8 Å². The molecule has 0 spiro atoms. The second-order valence-electron chi connectivity index (χ2n) is 5.70. The molecule has 114 valence electrons. The highest BCUT2D eigenvalue weighted by Crippen LogP contribution is 2.28. The third kappa shape index (κ3) is 4.35. The predicted molar refractivity (Wildman–Crippen MR) is 86.7 cm³/mol. The molecule has 1 aromatic carbocycles. The van der Waals surface area contributed by atoms with E-state index in [2.05, 4.69) is 31.0 Å². The highest BCUT2D eigenvalue weighted by Gasteiger charge is 2.10. The Morgan fingerprint density at radius 2 is 1.76 bits per heavy atom. The molecule has 0 amide bonds. The molecule has 1 N–H and O–H groups in total. The number of aromatic nitrogens is 2. The molecule has 0 aliphatic rings. The minimum Gasteiger partial charge on any atom is -0.507 e. The fourth-order valence-corrected chi connectivity index (χ4v) is 2.61. The first kappa shape index (κ1) is 15.6. The summed E-state index contributed by atoms with van der Waals surface area (Å²) in [6, 6.07) is 4.35. The van der Waals surface area contributed by atoms with Crippen molar-refractivity contribution >= 4 is 0 Å². The minimum absolute atomic E-state index is 0.470. The van der Waals surface area contributed by atoms with E-state index in [1.165, 1.54) is 18.4 Å². The van der Waals surface area contributed by atoms with Crippen molar-refractivity contribution in [1.29, 1.82) is 0 Å². The summed E-state index contributed by atoms with van der Waals surface area (Å²) in [4.78, 5) is 4.07. The Kier molecular flexibility index (Phi) is 5.85. The molecule has 0 saturated carbocycles. The smallest absolute Gasteiger partial charge is 0.123 e. The summed E-state index contributed by atoms with van der Waals surface area (Å²) in [5.41, 5.74) is 3.45. The largest absolute Gasteiger partial charge is 0.507 e. The lowest BCUT2D eigenvalue weighted by Crippen LogP contribution is -2.01. The van der Waals surface area contributed by atoms with Crippen LogP contribution in [-0.2, 0) is 19.4 Å². The second-order valence-corrected chi connectivity index (χ2v) is 5.70. The average molecular weight is 286 g/mol. The molecule has 0 atom stereocenters. The molecule has 0 unspecified atom stereocenters. The molecule has 21 heavy (non-hydrogen) atoms. The third-order valence-electron chi connectivity index (χ3n) is 3.86. The lowest BCUT2D eigenvalue weighted by atomic mass is 9.97. The van der Waals surface area contributed by atoms with Gasteiger partial charge in [0.05, 0.1) is 12.9 Å². The Balaban J connectivity index is 2.26. The Bertz CT molecular complexity index is 547. The Labute approximate surface area is 127 Å². The number of unbranched alkanes of at least 4 members (excludes halogenated alkanes) is 2. The Morgan fingerprint density at radius 1 is 1.05 bits per heavy atom. The van der Waals surface area contributed by atoms with E-state index < -0.39 is 0 Å². The van der Waals surface area contributed by atoms with Gasteiger partial charge in [0.1, 0.15) is 5.75 Å². The fraction of sp³-hybridized carbons (Fsp3) is 0.500. The Morgan fingerprint density at radius 3 is 2.43 bits per heavy atom. The molecular weight excluding hydrogens is 260 g/mol. The van der Waals surface area contributed by atoms with Crippen molar-refractivity contribution < 1.29 is 5.11 Å². The molecule has 0 saturated heterocycles. The van der Waals surface area contributed by atoms with Gasteiger partial charge < -0.3 is 9.67 Å². The highest BCUT2D eigenvalue weighted by molar-refractivity contribution is 5.44. The molecule has 3 heteroatoms. The van der Waals surface area contributed by atoms with E-state index in [4.69, 9.17) is 0 Å². The van der Waals surface area contributed by atoms with Gasteiger partial charge in [-0.15, -0.1) is 0 Å². The first-order chi connectivity index (χ1) is 10.2. The number of aromatic hydroxyl groups is 1. The van der Waals surface area contributed by atoms with E-state index in [-0.39, 0.29) is 0 Å². The summed E-state index contributed by atoms with van der Waals surface area (Å²) in [6.07, 6.45) is 12.2. The van der Waals surface area contributed by atoms with Crippen LogP contribution in [0.3, 0.4) is 0 Å². The number of nitrogens with zero attached hydrogens (tertiary/aromatic N) is 2. The SMILES string of the molecule is CCCCc1cc(CCCC)c(O)c(Cn2ccnc2)c1.